The van der Waals surface area contributed by atoms with Crippen LogP contribution in [-0.2, 0) is 27.2 Å². The zero-order valence-corrected chi connectivity index (χ0v) is 30.5. The van der Waals surface area contributed by atoms with Crippen molar-refractivity contribution in [2.75, 3.05) is 40.8 Å². The lowest BCUT2D eigenvalue weighted by Crippen LogP contribution is -2.10. The van der Waals surface area contributed by atoms with Gasteiger partial charge >= 0.3 is 15.2 Å². The van der Waals surface area contributed by atoms with Crippen molar-refractivity contribution in [2.45, 2.75) is 18.8 Å². The van der Waals surface area contributed by atoms with E-state index in [1.807, 2.05) is 60.7 Å². The summed E-state index contributed by atoms with van der Waals surface area (Å²) in [5, 5.41) is 0. The Balaban J connectivity index is 1.57. The number of halogens is 1. The number of nitrogens with one attached hydrogen (secondary N) is 2. The second kappa shape index (κ2) is 14.6. The molecule has 6 rings (SSSR count). The van der Waals surface area contributed by atoms with Crippen molar-refractivity contribution >= 4 is 77.5 Å². The Labute approximate surface area is 287 Å². The summed E-state index contributed by atoms with van der Waals surface area (Å²) in [7, 11) is -1.18. The Bertz CT molecular complexity index is 2000. The molecule has 2 aliphatic rings. The van der Waals surface area contributed by atoms with Gasteiger partial charge in [0.05, 0.1) is 35.1 Å². The van der Waals surface area contributed by atoms with Crippen LogP contribution in [0.3, 0.4) is 0 Å². The van der Waals surface area contributed by atoms with Crippen LogP contribution in [-0.4, -0.2) is 60.7 Å². The number of aromatic nitrogens is 4. The zero-order chi connectivity index (χ0) is 33.9. The van der Waals surface area contributed by atoms with E-state index in [9.17, 15) is 9.13 Å². The fourth-order valence-corrected chi connectivity index (χ4v) is 8.57. The molecular formula is C35H37BrN4O6P2. The lowest BCUT2D eigenvalue weighted by molar-refractivity contribution is 0.272. The molecule has 0 fully saturated rings. The molecule has 2 aliphatic heterocycles. The van der Waals surface area contributed by atoms with Crippen LogP contribution < -0.4 is 0 Å². The van der Waals surface area contributed by atoms with Crippen molar-refractivity contribution < 1.29 is 27.2 Å². The molecule has 0 radical (unpaired) electrons. The minimum absolute atomic E-state index is 0.144. The minimum Gasteiger partial charge on any atom is -0.355 e. The standard InChI is InChI=1S/C35H37BrN4O6P2/c1-43-47(41,44-2)19-17-24(18-20-48(42,45-3)46-4)35-32-15-11-28(39-32)21-26-9-13-30(37-26)34(23-5-7-25(36)8-6-23)31-14-10-27(38-31)22-29-12-16-33(35)40-29/h5-16,21-22,24,37-38H,17-20H2,1-4H3. The van der Waals surface area contributed by atoms with Crippen LogP contribution in [0, 0.1) is 0 Å². The normalized spacial score (nSPS) is 13.1. The highest BCUT2D eigenvalue weighted by Crippen LogP contribution is 2.52. The molecular weight excluding hydrogens is 714 g/mol. The highest BCUT2D eigenvalue weighted by molar-refractivity contribution is 9.10. The predicted molar refractivity (Wildman–Crippen MR) is 197 cm³/mol. The Morgan fingerprint density at radius 3 is 1.56 bits per heavy atom. The summed E-state index contributed by atoms with van der Waals surface area (Å²) in [6.45, 7) is 0. The molecule has 5 heterocycles. The van der Waals surface area contributed by atoms with E-state index in [-0.39, 0.29) is 18.2 Å². The molecule has 0 spiro atoms. The Hall–Kier alpha value is -3.40. The molecule has 1 aromatic carbocycles. The number of hydrogen-bond acceptors (Lipinski definition) is 8. The SMILES string of the molecule is COP(=O)(CCC(CCP(=O)(OC)OC)c1c2nc(cc3ccc([nH]3)c(-c3ccc(Br)cc3)c3ccc(cc4nc1C=C4)[nH]3)C=C2)OC. The van der Waals surface area contributed by atoms with E-state index in [0.29, 0.717) is 24.2 Å². The molecule has 250 valence electrons. The third kappa shape index (κ3) is 7.58. The largest absolute Gasteiger partial charge is 0.355 e. The molecule has 10 nitrogen and oxygen atoms in total. The van der Waals surface area contributed by atoms with E-state index in [1.54, 1.807) is 0 Å². The van der Waals surface area contributed by atoms with Gasteiger partial charge in [-0.2, -0.15) is 0 Å². The second-order valence-corrected chi connectivity index (χ2v) is 17.1. The highest BCUT2D eigenvalue weighted by Gasteiger charge is 2.30. The molecule has 2 N–H and O–H groups in total. The van der Waals surface area contributed by atoms with Gasteiger partial charge in [-0.3, -0.25) is 9.13 Å². The first-order valence-electron chi connectivity index (χ1n) is 15.4. The topological polar surface area (TPSA) is 128 Å². The lowest BCUT2D eigenvalue weighted by atomic mass is 9.91. The lowest BCUT2D eigenvalue weighted by Gasteiger charge is -2.23. The maximum Gasteiger partial charge on any atom is 0.330 e. The van der Waals surface area contributed by atoms with Crippen LogP contribution in [0.4, 0.5) is 0 Å². The molecule has 4 aromatic rings. The first-order chi connectivity index (χ1) is 23.1. The number of benzene rings is 1. The van der Waals surface area contributed by atoms with Gasteiger partial charge in [-0.1, -0.05) is 28.1 Å². The van der Waals surface area contributed by atoms with Gasteiger partial charge in [0.25, 0.3) is 0 Å². The average molecular weight is 752 g/mol. The second-order valence-electron chi connectivity index (χ2n) is 11.4. The quantitative estimate of drug-likeness (QED) is 0.118. The van der Waals surface area contributed by atoms with Gasteiger partial charge in [-0.05, 0) is 97.2 Å². The summed E-state index contributed by atoms with van der Waals surface area (Å²) in [6.07, 6.45) is 8.92. The monoisotopic (exact) mass is 750 g/mol. The molecule has 0 saturated carbocycles. The number of fused-ring (bicyclic) bond motifs is 8. The van der Waals surface area contributed by atoms with Crippen LogP contribution in [0.1, 0.15) is 47.1 Å². The maximum atomic E-state index is 13.2. The van der Waals surface area contributed by atoms with Crippen molar-refractivity contribution in [1.82, 2.24) is 19.9 Å². The third-order valence-corrected chi connectivity index (χ3v) is 13.0. The minimum atomic E-state index is -3.34. The molecule has 0 atom stereocenters. The first kappa shape index (κ1) is 34.5. The van der Waals surface area contributed by atoms with Gasteiger partial charge in [-0.25, -0.2) is 9.97 Å². The summed E-state index contributed by atoms with van der Waals surface area (Å²) in [6, 6.07) is 20.5. The molecule has 0 unspecified atom stereocenters. The number of hydrogen-bond donors (Lipinski definition) is 2. The summed E-state index contributed by atoms with van der Waals surface area (Å²) in [5.74, 6) is -0.288. The van der Waals surface area contributed by atoms with Crippen molar-refractivity contribution in [3.8, 4) is 11.1 Å². The Morgan fingerprint density at radius 2 is 1.12 bits per heavy atom. The molecule has 3 aromatic heterocycles. The van der Waals surface area contributed by atoms with Crippen LogP contribution in [0.2, 0.25) is 0 Å². The highest BCUT2D eigenvalue weighted by atomic mass is 79.9. The van der Waals surface area contributed by atoms with E-state index in [0.717, 1.165) is 54.6 Å². The van der Waals surface area contributed by atoms with Crippen LogP contribution >= 0.6 is 31.1 Å². The van der Waals surface area contributed by atoms with E-state index >= 15 is 0 Å². The average Bonchev–Trinajstić information content (AvgIpc) is 3.93. The van der Waals surface area contributed by atoms with E-state index < -0.39 is 15.2 Å². The maximum absolute atomic E-state index is 13.2. The van der Waals surface area contributed by atoms with Crippen molar-refractivity contribution in [3.05, 3.63) is 93.5 Å². The Morgan fingerprint density at radius 1 is 0.667 bits per heavy atom. The molecule has 0 amide bonds. The molecule has 0 saturated heterocycles. The van der Waals surface area contributed by atoms with Gasteiger partial charge in [0.1, 0.15) is 0 Å². The number of rotatable bonds is 12. The van der Waals surface area contributed by atoms with E-state index in [1.165, 1.54) is 28.4 Å². The summed E-state index contributed by atoms with van der Waals surface area (Å²) >= 11 is 3.55. The summed E-state index contributed by atoms with van der Waals surface area (Å²) in [4.78, 5) is 17.2. The van der Waals surface area contributed by atoms with Gasteiger partial charge in [-0.15, -0.1) is 0 Å². The summed E-state index contributed by atoms with van der Waals surface area (Å²) < 4.78 is 48.4. The van der Waals surface area contributed by atoms with E-state index in [2.05, 4.69) is 50.2 Å². The number of H-pyrrole nitrogens is 2. The zero-order valence-electron chi connectivity index (χ0n) is 27.1. The third-order valence-electron chi connectivity index (χ3n) is 8.59. The van der Waals surface area contributed by atoms with Gasteiger partial charge in [0.2, 0.25) is 0 Å². The molecule has 0 aliphatic carbocycles. The first-order valence-corrected chi connectivity index (χ1v) is 19.7. The van der Waals surface area contributed by atoms with E-state index in [4.69, 9.17) is 28.1 Å². The van der Waals surface area contributed by atoms with Crippen molar-refractivity contribution in [2.24, 2.45) is 0 Å². The van der Waals surface area contributed by atoms with Crippen molar-refractivity contribution in [1.29, 1.82) is 0 Å². The number of nitrogens with zero attached hydrogens (tertiary/aromatic N) is 2. The Kier molecular flexibility index (Phi) is 10.5. The smallest absolute Gasteiger partial charge is 0.330 e. The molecule has 8 bridgehead atoms. The fraction of sp³-hybridized carbons (Fsp3) is 0.257. The van der Waals surface area contributed by atoms with Gasteiger partial charge in [0, 0.05) is 66.1 Å². The van der Waals surface area contributed by atoms with Crippen LogP contribution in [0.5, 0.6) is 0 Å². The molecule has 13 heteroatoms. The van der Waals surface area contributed by atoms with Gasteiger partial charge < -0.3 is 28.1 Å². The van der Waals surface area contributed by atoms with Gasteiger partial charge in [0.15, 0.2) is 0 Å². The van der Waals surface area contributed by atoms with Crippen molar-refractivity contribution in [3.63, 3.8) is 0 Å². The number of aromatic amines is 2. The van der Waals surface area contributed by atoms with Crippen LogP contribution in [0.25, 0.3) is 57.5 Å². The fourth-order valence-electron chi connectivity index (χ4n) is 6.02. The molecule has 48 heavy (non-hydrogen) atoms. The van der Waals surface area contributed by atoms with Crippen LogP contribution in [0.15, 0.2) is 65.1 Å². The predicted octanol–water partition coefficient (Wildman–Crippen LogP) is 9.92. The summed E-state index contributed by atoms with van der Waals surface area (Å²) in [5.41, 5.74) is 9.58.